The van der Waals surface area contributed by atoms with Crippen molar-refractivity contribution in [2.24, 2.45) is 4.99 Å². The van der Waals surface area contributed by atoms with E-state index in [9.17, 15) is 9.18 Å². The van der Waals surface area contributed by atoms with Crippen molar-refractivity contribution >= 4 is 17.8 Å². The number of aliphatic imine (C=N–C) groups is 1. The minimum Gasteiger partial charge on any atom is -0.465 e. The first-order valence-corrected chi connectivity index (χ1v) is 5.63. The van der Waals surface area contributed by atoms with Gasteiger partial charge in [0.05, 0.1) is 6.26 Å². The van der Waals surface area contributed by atoms with Crippen LogP contribution in [0.15, 0.2) is 57.8 Å². The minimum atomic E-state index is -0.377. The average molecular weight is 256 g/mol. The highest BCUT2D eigenvalue weighted by Crippen LogP contribution is 2.15. The number of halogens is 1. The fraction of sp³-hybridized carbons (Fsp3) is 0. The lowest BCUT2D eigenvalue weighted by Gasteiger charge is -1.99. The molecule has 0 saturated carbocycles. The number of hydrogen-bond donors (Lipinski definition) is 1. The van der Waals surface area contributed by atoms with Crippen molar-refractivity contribution in [2.45, 2.75) is 0 Å². The molecular weight excluding hydrogens is 247 g/mol. The van der Waals surface area contributed by atoms with Crippen LogP contribution >= 0.6 is 0 Å². The van der Waals surface area contributed by atoms with Gasteiger partial charge in [0.25, 0.3) is 5.91 Å². The number of hydrogen-bond acceptors (Lipinski definition) is 3. The number of amides is 1. The first-order chi connectivity index (χ1) is 9.22. The summed E-state index contributed by atoms with van der Waals surface area (Å²) in [5.74, 6) is 0.158. The number of nitrogens with zero attached hydrogens (tertiary/aromatic N) is 1. The van der Waals surface area contributed by atoms with Gasteiger partial charge in [-0.05, 0) is 24.3 Å². The zero-order chi connectivity index (χ0) is 13.2. The van der Waals surface area contributed by atoms with Crippen molar-refractivity contribution in [1.82, 2.24) is 5.32 Å². The Morgan fingerprint density at radius 2 is 2.16 bits per heavy atom. The third kappa shape index (κ3) is 2.30. The van der Waals surface area contributed by atoms with Crippen LogP contribution in [0.1, 0.15) is 11.3 Å². The normalized spacial score (nSPS) is 16.6. The monoisotopic (exact) mass is 256 g/mol. The summed E-state index contributed by atoms with van der Waals surface area (Å²) in [5, 5.41) is 2.59. The van der Waals surface area contributed by atoms with Crippen LogP contribution in [0.25, 0.3) is 6.08 Å². The second kappa shape index (κ2) is 4.53. The molecule has 0 atom stereocenters. The molecule has 3 rings (SSSR count). The van der Waals surface area contributed by atoms with Gasteiger partial charge in [0, 0.05) is 11.6 Å². The van der Waals surface area contributed by atoms with E-state index < -0.39 is 0 Å². The van der Waals surface area contributed by atoms with E-state index in [4.69, 9.17) is 4.42 Å². The molecule has 1 aromatic heterocycles. The predicted octanol–water partition coefficient (Wildman–Crippen LogP) is 2.34. The minimum absolute atomic E-state index is 0.231. The van der Waals surface area contributed by atoms with E-state index in [-0.39, 0.29) is 17.4 Å². The van der Waals surface area contributed by atoms with E-state index in [0.29, 0.717) is 17.2 Å². The van der Waals surface area contributed by atoms with Gasteiger partial charge < -0.3 is 9.73 Å². The van der Waals surface area contributed by atoms with Crippen LogP contribution in [0.4, 0.5) is 4.39 Å². The van der Waals surface area contributed by atoms with Gasteiger partial charge in [-0.1, -0.05) is 12.1 Å². The quantitative estimate of drug-likeness (QED) is 0.838. The van der Waals surface area contributed by atoms with Crippen molar-refractivity contribution in [2.75, 3.05) is 0 Å². The molecule has 2 heterocycles. The van der Waals surface area contributed by atoms with Crippen LogP contribution in [0.2, 0.25) is 0 Å². The largest absolute Gasteiger partial charge is 0.465 e. The molecule has 1 aromatic carbocycles. The van der Waals surface area contributed by atoms with Crippen LogP contribution in [-0.4, -0.2) is 11.7 Å². The SMILES string of the molecule is O=C1NC(c2cccc(F)c2)=N/C1=C/c1ccco1. The molecule has 1 amide bonds. The van der Waals surface area contributed by atoms with Crippen molar-refractivity contribution in [1.29, 1.82) is 0 Å². The highest BCUT2D eigenvalue weighted by molar-refractivity contribution is 6.19. The Labute approximate surface area is 108 Å². The predicted molar refractivity (Wildman–Crippen MR) is 67.8 cm³/mol. The van der Waals surface area contributed by atoms with Gasteiger partial charge in [0.2, 0.25) is 0 Å². The van der Waals surface area contributed by atoms with Gasteiger partial charge in [-0.2, -0.15) is 0 Å². The van der Waals surface area contributed by atoms with Crippen molar-refractivity contribution in [3.05, 3.63) is 65.5 Å². The maximum Gasteiger partial charge on any atom is 0.275 e. The highest BCUT2D eigenvalue weighted by Gasteiger charge is 2.21. The number of amidine groups is 1. The van der Waals surface area contributed by atoms with Crippen LogP contribution in [0, 0.1) is 5.82 Å². The molecule has 0 fully saturated rings. The molecule has 2 aromatic rings. The Hall–Kier alpha value is -2.69. The molecule has 1 aliphatic rings. The number of carbonyl (C=O) groups excluding carboxylic acids is 1. The number of rotatable bonds is 2. The van der Waals surface area contributed by atoms with E-state index in [1.54, 1.807) is 24.3 Å². The lowest BCUT2D eigenvalue weighted by Crippen LogP contribution is -2.24. The summed E-state index contributed by atoms with van der Waals surface area (Å²) < 4.78 is 18.2. The zero-order valence-electron chi connectivity index (χ0n) is 9.76. The number of furan rings is 1. The molecule has 94 valence electrons. The Kier molecular flexibility index (Phi) is 2.72. The van der Waals surface area contributed by atoms with E-state index in [1.165, 1.54) is 24.5 Å². The standard InChI is InChI=1S/C14H9FN2O2/c15-10-4-1-3-9(7-10)13-16-12(14(18)17-13)8-11-5-2-6-19-11/h1-8H,(H,16,17,18)/b12-8+. The number of benzene rings is 1. The Morgan fingerprint density at radius 1 is 1.26 bits per heavy atom. The van der Waals surface area contributed by atoms with Crippen LogP contribution in [0.5, 0.6) is 0 Å². The summed E-state index contributed by atoms with van der Waals surface area (Å²) in [6.45, 7) is 0. The lowest BCUT2D eigenvalue weighted by atomic mass is 10.2. The van der Waals surface area contributed by atoms with E-state index in [1.807, 2.05) is 0 Å². The Balaban J connectivity index is 1.95. The van der Waals surface area contributed by atoms with E-state index in [2.05, 4.69) is 10.3 Å². The fourth-order valence-electron chi connectivity index (χ4n) is 1.75. The van der Waals surface area contributed by atoms with Crippen molar-refractivity contribution in [3.63, 3.8) is 0 Å². The van der Waals surface area contributed by atoms with Crippen LogP contribution in [0.3, 0.4) is 0 Å². The molecule has 19 heavy (non-hydrogen) atoms. The summed E-state index contributed by atoms with van der Waals surface area (Å²) in [4.78, 5) is 15.9. The summed E-state index contributed by atoms with van der Waals surface area (Å²) in [6.07, 6.45) is 3.04. The molecular formula is C14H9FN2O2. The molecule has 1 N–H and O–H groups in total. The number of nitrogens with one attached hydrogen (secondary N) is 1. The second-order valence-electron chi connectivity index (χ2n) is 3.97. The van der Waals surface area contributed by atoms with Crippen LogP contribution < -0.4 is 5.32 Å². The van der Waals surface area contributed by atoms with Crippen molar-refractivity contribution < 1.29 is 13.6 Å². The third-order valence-electron chi connectivity index (χ3n) is 2.62. The highest BCUT2D eigenvalue weighted by atomic mass is 19.1. The van der Waals surface area contributed by atoms with Gasteiger partial charge in [-0.25, -0.2) is 9.38 Å². The molecule has 0 bridgehead atoms. The maximum absolute atomic E-state index is 13.1. The zero-order valence-corrected chi connectivity index (χ0v) is 9.76. The second-order valence-corrected chi connectivity index (χ2v) is 3.97. The molecule has 0 aliphatic carbocycles. The molecule has 0 radical (unpaired) electrons. The van der Waals surface area contributed by atoms with Gasteiger partial charge in [-0.3, -0.25) is 4.79 Å². The van der Waals surface area contributed by atoms with Gasteiger partial charge in [-0.15, -0.1) is 0 Å². The van der Waals surface area contributed by atoms with Gasteiger partial charge >= 0.3 is 0 Å². The van der Waals surface area contributed by atoms with Gasteiger partial charge in [0.15, 0.2) is 0 Å². The van der Waals surface area contributed by atoms with E-state index >= 15 is 0 Å². The summed E-state index contributed by atoms with van der Waals surface area (Å²) in [6, 6.07) is 9.33. The van der Waals surface area contributed by atoms with Crippen LogP contribution in [-0.2, 0) is 4.79 Å². The lowest BCUT2D eigenvalue weighted by molar-refractivity contribution is -0.115. The summed E-state index contributed by atoms with van der Waals surface area (Å²) in [7, 11) is 0. The van der Waals surface area contributed by atoms with E-state index in [0.717, 1.165) is 0 Å². The number of carbonyl (C=O) groups is 1. The first kappa shape index (κ1) is 11.4. The molecule has 5 heteroatoms. The molecule has 0 unspecified atom stereocenters. The first-order valence-electron chi connectivity index (χ1n) is 5.63. The molecule has 4 nitrogen and oxygen atoms in total. The smallest absolute Gasteiger partial charge is 0.275 e. The van der Waals surface area contributed by atoms with Crippen molar-refractivity contribution in [3.8, 4) is 0 Å². The summed E-state index contributed by atoms with van der Waals surface area (Å²) >= 11 is 0. The topological polar surface area (TPSA) is 54.6 Å². The average Bonchev–Trinajstić information content (AvgIpc) is 3.01. The third-order valence-corrected chi connectivity index (χ3v) is 2.62. The molecule has 0 saturated heterocycles. The molecule has 0 spiro atoms. The maximum atomic E-state index is 13.1. The Bertz CT molecular complexity index is 687. The van der Waals surface area contributed by atoms with Gasteiger partial charge in [0.1, 0.15) is 23.1 Å². The molecule has 1 aliphatic heterocycles. The summed E-state index contributed by atoms with van der Waals surface area (Å²) in [5.41, 5.74) is 0.755. The Morgan fingerprint density at radius 3 is 2.89 bits per heavy atom. The fourth-order valence-corrected chi connectivity index (χ4v) is 1.75.